The van der Waals surface area contributed by atoms with Crippen LogP contribution in [-0.4, -0.2) is 5.38 Å². The van der Waals surface area contributed by atoms with Gasteiger partial charge in [0.1, 0.15) is 0 Å². The number of hydrogen-bond acceptors (Lipinski definition) is 0. The predicted octanol–water partition coefficient (Wildman–Crippen LogP) is 2.41. The maximum Gasteiger partial charge on any atom is 0.0361 e. The van der Waals surface area contributed by atoms with Crippen LogP contribution in [0.15, 0.2) is 0 Å². The van der Waals surface area contributed by atoms with Crippen molar-refractivity contribution in [3.8, 4) is 0 Å². The monoisotopic (exact) mass is 118 g/mol. The van der Waals surface area contributed by atoms with Crippen LogP contribution in [0, 0.1) is 5.92 Å². The fourth-order valence-electron chi connectivity index (χ4n) is 0.791. The summed E-state index contributed by atoms with van der Waals surface area (Å²) in [5.74, 6) is 0.881. The zero-order chi connectivity index (χ0) is 5.28. The van der Waals surface area contributed by atoms with E-state index < -0.39 is 0 Å². The van der Waals surface area contributed by atoms with Gasteiger partial charge in [0.15, 0.2) is 0 Å². The quantitative estimate of drug-likeness (QED) is 0.489. The van der Waals surface area contributed by atoms with Crippen molar-refractivity contribution >= 4 is 11.6 Å². The van der Waals surface area contributed by atoms with Gasteiger partial charge in [-0.2, -0.15) is 0 Å². The summed E-state index contributed by atoms with van der Waals surface area (Å²) in [7, 11) is 0. The lowest BCUT2D eigenvalue weighted by molar-refractivity contribution is 0.718. The van der Waals surface area contributed by atoms with Crippen LogP contribution in [0.2, 0.25) is 0 Å². The van der Waals surface area contributed by atoms with Crippen LogP contribution < -0.4 is 0 Å². The lowest BCUT2D eigenvalue weighted by atomic mass is 10.2. The van der Waals surface area contributed by atoms with Gasteiger partial charge in [0.2, 0.25) is 0 Å². The molecule has 1 atom stereocenters. The lowest BCUT2D eigenvalue weighted by Crippen LogP contribution is -1.96. The molecule has 0 radical (unpaired) electrons. The van der Waals surface area contributed by atoms with E-state index in [1.807, 2.05) is 0 Å². The molecule has 0 heterocycles. The number of halogens is 1. The molecule has 1 fully saturated rings. The van der Waals surface area contributed by atoms with Crippen molar-refractivity contribution in [1.29, 1.82) is 0 Å². The van der Waals surface area contributed by atoms with E-state index in [1.165, 1.54) is 12.8 Å². The molecule has 0 aromatic carbocycles. The van der Waals surface area contributed by atoms with E-state index in [0.717, 1.165) is 12.3 Å². The first-order valence-electron chi connectivity index (χ1n) is 2.98. The smallest absolute Gasteiger partial charge is 0.0361 e. The highest BCUT2D eigenvalue weighted by atomic mass is 35.5. The predicted molar refractivity (Wildman–Crippen MR) is 32.7 cm³/mol. The molecule has 0 saturated heterocycles. The van der Waals surface area contributed by atoms with E-state index in [2.05, 4.69) is 6.92 Å². The average molecular weight is 119 g/mol. The van der Waals surface area contributed by atoms with Gasteiger partial charge in [-0.15, -0.1) is 11.6 Å². The van der Waals surface area contributed by atoms with Crippen molar-refractivity contribution in [3.63, 3.8) is 0 Å². The van der Waals surface area contributed by atoms with Crippen molar-refractivity contribution < 1.29 is 0 Å². The van der Waals surface area contributed by atoms with Crippen molar-refractivity contribution in [2.45, 2.75) is 31.6 Å². The lowest BCUT2D eigenvalue weighted by Gasteiger charge is -1.98. The Morgan fingerprint density at radius 1 is 1.71 bits per heavy atom. The molecule has 7 heavy (non-hydrogen) atoms. The molecule has 1 rings (SSSR count). The Kier molecular flexibility index (Phi) is 1.58. The Balaban J connectivity index is 2.10. The second-order valence-electron chi connectivity index (χ2n) is 2.26. The molecule has 0 aromatic rings. The summed E-state index contributed by atoms with van der Waals surface area (Å²) in [6.45, 7) is 2.15. The average Bonchev–Trinajstić information content (AvgIpc) is 2.44. The van der Waals surface area contributed by atoms with Gasteiger partial charge in [-0.1, -0.05) is 6.92 Å². The first-order valence-corrected chi connectivity index (χ1v) is 3.42. The summed E-state index contributed by atoms with van der Waals surface area (Å²) in [4.78, 5) is 0. The van der Waals surface area contributed by atoms with E-state index in [1.54, 1.807) is 0 Å². The van der Waals surface area contributed by atoms with Gasteiger partial charge in [0.05, 0.1) is 0 Å². The number of alkyl halides is 1. The zero-order valence-electron chi connectivity index (χ0n) is 4.65. The third kappa shape index (κ3) is 1.34. The van der Waals surface area contributed by atoms with Crippen LogP contribution in [0.25, 0.3) is 0 Å². The molecular weight excluding hydrogens is 108 g/mol. The summed E-state index contributed by atoms with van der Waals surface area (Å²) >= 11 is 5.86. The van der Waals surface area contributed by atoms with Crippen LogP contribution in [0.4, 0.5) is 0 Å². The summed E-state index contributed by atoms with van der Waals surface area (Å²) in [6, 6.07) is 0. The molecule has 1 aliphatic rings. The van der Waals surface area contributed by atoms with Crippen LogP contribution in [-0.2, 0) is 0 Å². The molecule has 0 nitrogen and oxygen atoms in total. The second-order valence-corrected chi connectivity index (χ2v) is 2.82. The van der Waals surface area contributed by atoms with Gasteiger partial charge < -0.3 is 0 Å². The molecular formula is C6H11Cl. The third-order valence-electron chi connectivity index (χ3n) is 1.52. The Labute approximate surface area is 49.9 Å². The molecule has 42 valence electrons. The Bertz CT molecular complexity index is 57.2. The molecule has 1 heteroatoms. The molecule has 0 amide bonds. The SMILES string of the molecule is CCC(Cl)C1CC1. The summed E-state index contributed by atoms with van der Waals surface area (Å²) in [5, 5.41) is 0.486. The standard InChI is InChI=1S/C6H11Cl/c1-2-6(7)5-3-4-5/h5-6H,2-4H2,1H3. The van der Waals surface area contributed by atoms with Gasteiger partial charge in [-0.25, -0.2) is 0 Å². The van der Waals surface area contributed by atoms with E-state index in [4.69, 9.17) is 11.6 Å². The van der Waals surface area contributed by atoms with Crippen LogP contribution in [0.5, 0.6) is 0 Å². The van der Waals surface area contributed by atoms with E-state index in [-0.39, 0.29) is 0 Å². The normalized spacial score (nSPS) is 24.9. The van der Waals surface area contributed by atoms with Gasteiger partial charge in [0.25, 0.3) is 0 Å². The van der Waals surface area contributed by atoms with Crippen molar-refractivity contribution in [2.24, 2.45) is 5.92 Å². The molecule has 0 aliphatic heterocycles. The van der Waals surface area contributed by atoms with Gasteiger partial charge in [-0.3, -0.25) is 0 Å². The maximum absolute atomic E-state index is 5.86. The first-order chi connectivity index (χ1) is 3.34. The molecule has 0 N–H and O–H groups in total. The highest BCUT2D eigenvalue weighted by Gasteiger charge is 2.27. The van der Waals surface area contributed by atoms with Crippen molar-refractivity contribution in [3.05, 3.63) is 0 Å². The highest BCUT2D eigenvalue weighted by molar-refractivity contribution is 6.20. The van der Waals surface area contributed by atoms with E-state index >= 15 is 0 Å². The highest BCUT2D eigenvalue weighted by Crippen LogP contribution is 2.36. The molecule has 1 saturated carbocycles. The Morgan fingerprint density at radius 3 is 2.43 bits per heavy atom. The van der Waals surface area contributed by atoms with Crippen molar-refractivity contribution in [1.82, 2.24) is 0 Å². The van der Waals surface area contributed by atoms with E-state index in [0.29, 0.717) is 5.38 Å². The molecule has 0 bridgehead atoms. The Morgan fingerprint density at radius 2 is 2.29 bits per heavy atom. The van der Waals surface area contributed by atoms with Crippen LogP contribution in [0.3, 0.4) is 0 Å². The third-order valence-corrected chi connectivity index (χ3v) is 2.19. The Hall–Kier alpha value is 0.290. The molecule has 0 aromatic heterocycles. The van der Waals surface area contributed by atoms with Crippen LogP contribution >= 0.6 is 11.6 Å². The summed E-state index contributed by atoms with van der Waals surface area (Å²) in [5.41, 5.74) is 0. The molecule has 1 aliphatic carbocycles. The number of rotatable bonds is 2. The fourth-order valence-corrected chi connectivity index (χ4v) is 1.04. The van der Waals surface area contributed by atoms with Crippen molar-refractivity contribution in [2.75, 3.05) is 0 Å². The largest absolute Gasteiger partial charge is 0.123 e. The minimum Gasteiger partial charge on any atom is -0.123 e. The summed E-state index contributed by atoms with van der Waals surface area (Å²) < 4.78 is 0. The second kappa shape index (κ2) is 2.04. The topological polar surface area (TPSA) is 0 Å². The van der Waals surface area contributed by atoms with Gasteiger partial charge in [-0.05, 0) is 25.2 Å². The first kappa shape index (κ1) is 5.43. The van der Waals surface area contributed by atoms with Gasteiger partial charge >= 0.3 is 0 Å². The van der Waals surface area contributed by atoms with Crippen LogP contribution in [0.1, 0.15) is 26.2 Å². The fraction of sp³-hybridized carbons (Fsp3) is 1.00. The maximum atomic E-state index is 5.86. The number of hydrogen-bond donors (Lipinski definition) is 0. The molecule has 0 spiro atoms. The summed E-state index contributed by atoms with van der Waals surface area (Å²) in [6.07, 6.45) is 3.90. The minimum atomic E-state index is 0.486. The van der Waals surface area contributed by atoms with Gasteiger partial charge in [0, 0.05) is 5.38 Å². The molecule has 1 unspecified atom stereocenters. The van der Waals surface area contributed by atoms with E-state index in [9.17, 15) is 0 Å². The minimum absolute atomic E-state index is 0.486. The zero-order valence-corrected chi connectivity index (χ0v) is 5.41.